The van der Waals surface area contributed by atoms with Crippen LogP contribution in [0.1, 0.15) is 12.8 Å². The van der Waals surface area contributed by atoms with Gasteiger partial charge in [0.15, 0.2) is 0 Å². The fraction of sp³-hybridized carbons (Fsp3) is 0.500. The number of primary amides is 1. The number of anilines is 2. The van der Waals surface area contributed by atoms with E-state index < -0.39 is 0 Å². The molecule has 1 heterocycles. The largest absolute Gasteiger partial charge is 0.370 e. The van der Waals surface area contributed by atoms with Crippen molar-refractivity contribution in [2.75, 3.05) is 17.6 Å². The van der Waals surface area contributed by atoms with Gasteiger partial charge < -0.3 is 16.8 Å². The zero-order valence-corrected chi connectivity index (χ0v) is 7.08. The maximum Gasteiger partial charge on any atom is 0.243 e. The second-order valence-corrected chi connectivity index (χ2v) is 2.54. The van der Waals surface area contributed by atoms with Crippen LogP contribution in [-0.2, 0) is 4.79 Å². The zero-order valence-electron chi connectivity index (χ0n) is 7.08. The highest BCUT2D eigenvalue weighted by Gasteiger charge is 1.98. The Morgan fingerprint density at radius 2 is 2.38 bits per heavy atom. The molecule has 0 fully saturated rings. The molecule has 1 aromatic rings. The lowest BCUT2D eigenvalue weighted by Crippen LogP contribution is -2.13. The first-order valence-corrected chi connectivity index (χ1v) is 3.88. The van der Waals surface area contributed by atoms with E-state index in [9.17, 15) is 4.79 Å². The molecule has 0 saturated heterocycles. The SMILES string of the molecule is NC(=O)CCCNc1n[nH]c(N)n1. The fourth-order valence-electron chi connectivity index (χ4n) is 0.816. The number of aromatic amines is 1. The summed E-state index contributed by atoms with van der Waals surface area (Å²) in [7, 11) is 0. The van der Waals surface area contributed by atoms with E-state index in [1.807, 2.05) is 0 Å². The molecule has 0 radical (unpaired) electrons. The summed E-state index contributed by atoms with van der Waals surface area (Å²) in [4.78, 5) is 14.2. The molecule has 0 saturated carbocycles. The van der Waals surface area contributed by atoms with E-state index in [0.717, 1.165) is 0 Å². The summed E-state index contributed by atoms with van der Waals surface area (Å²) in [6.07, 6.45) is 1.01. The first-order valence-electron chi connectivity index (χ1n) is 3.88. The Kier molecular flexibility index (Phi) is 3.07. The molecule has 0 aliphatic heterocycles. The maximum atomic E-state index is 10.4. The lowest BCUT2D eigenvalue weighted by atomic mass is 10.3. The van der Waals surface area contributed by atoms with Crippen molar-refractivity contribution in [1.82, 2.24) is 15.2 Å². The van der Waals surface area contributed by atoms with Crippen LogP contribution in [0.4, 0.5) is 11.9 Å². The summed E-state index contributed by atoms with van der Waals surface area (Å²) in [5, 5.41) is 9.10. The van der Waals surface area contributed by atoms with E-state index in [-0.39, 0.29) is 11.9 Å². The Hall–Kier alpha value is -1.79. The number of carbonyl (C=O) groups excluding carboxylic acids is 1. The number of nitrogens with two attached hydrogens (primary N) is 2. The number of hydrogen-bond donors (Lipinski definition) is 4. The Morgan fingerprint density at radius 3 is 2.92 bits per heavy atom. The third kappa shape index (κ3) is 3.41. The number of hydrogen-bond acceptors (Lipinski definition) is 5. The number of rotatable bonds is 5. The van der Waals surface area contributed by atoms with Gasteiger partial charge in [-0.1, -0.05) is 0 Å². The Balaban J connectivity index is 2.16. The van der Waals surface area contributed by atoms with Gasteiger partial charge in [0.2, 0.25) is 17.8 Å². The van der Waals surface area contributed by atoms with Crippen molar-refractivity contribution < 1.29 is 4.79 Å². The summed E-state index contributed by atoms with van der Waals surface area (Å²) in [6, 6.07) is 0. The fourth-order valence-corrected chi connectivity index (χ4v) is 0.816. The Morgan fingerprint density at radius 1 is 1.62 bits per heavy atom. The molecule has 6 N–H and O–H groups in total. The van der Waals surface area contributed by atoms with Crippen molar-refractivity contribution in [2.45, 2.75) is 12.8 Å². The molecule has 13 heavy (non-hydrogen) atoms. The van der Waals surface area contributed by atoms with Gasteiger partial charge in [-0.2, -0.15) is 4.98 Å². The molecule has 1 amide bonds. The van der Waals surface area contributed by atoms with Crippen LogP contribution in [-0.4, -0.2) is 27.6 Å². The van der Waals surface area contributed by atoms with Gasteiger partial charge in [0, 0.05) is 13.0 Å². The van der Waals surface area contributed by atoms with Crippen LogP contribution >= 0.6 is 0 Å². The molecule has 7 heteroatoms. The van der Waals surface area contributed by atoms with Crippen LogP contribution < -0.4 is 16.8 Å². The minimum Gasteiger partial charge on any atom is -0.370 e. The van der Waals surface area contributed by atoms with E-state index in [2.05, 4.69) is 20.5 Å². The van der Waals surface area contributed by atoms with Gasteiger partial charge in [-0.05, 0) is 6.42 Å². The monoisotopic (exact) mass is 184 g/mol. The van der Waals surface area contributed by atoms with E-state index in [0.29, 0.717) is 25.3 Å². The molecule has 0 bridgehead atoms. The summed E-state index contributed by atoms with van der Waals surface area (Å²) in [5.74, 6) is 0.385. The van der Waals surface area contributed by atoms with E-state index in [4.69, 9.17) is 11.5 Å². The molecule has 1 aromatic heterocycles. The van der Waals surface area contributed by atoms with Crippen molar-refractivity contribution in [2.24, 2.45) is 5.73 Å². The predicted octanol–water partition coefficient (Wildman–Crippen LogP) is -0.936. The van der Waals surface area contributed by atoms with Gasteiger partial charge in [-0.3, -0.25) is 4.79 Å². The second kappa shape index (κ2) is 4.29. The molecule has 1 rings (SSSR count). The second-order valence-electron chi connectivity index (χ2n) is 2.54. The first kappa shape index (κ1) is 9.30. The van der Waals surface area contributed by atoms with Crippen molar-refractivity contribution in [3.05, 3.63) is 0 Å². The summed E-state index contributed by atoms with van der Waals surface area (Å²) in [6.45, 7) is 0.597. The normalized spacial score (nSPS) is 9.85. The highest BCUT2D eigenvalue weighted by Crippen LogP contribution is 1.98. The number of nitrogens with one attached hydrogen (secondary N) is 2. The summed E-state index contributed by atoms with van der Waals surface area (Å²) >= 11 is 0. The van der Waals surface area contributed by atoms with Crippen LogP contribution in [0.2, 0.25) is 0 Å². The lowest BCUT2D eigenvalue weighted by molar-refractivity contribution is -0.118. The van der Waals surface area contributed by atoms with E-state index >= 15 is 0 Å². The molecule has 0 aromatic carbocycles. The van der Waals surface area contributed by atoms with Crippen LogP contribution in [0.15, 0.2) is 0 Å². The molecule has 0 unspecified atom stereocenters. The minimum absolute atomic E-state index is 0.261. The van der Waals surface area contributed by atoms with Crippen molar-refractivity contribution in [3.8, 4) is 0 Å². The number of H-pyrrole nitrogens is 1. The standard InChI is InChI=1S/C6H12N6O/c7-4(13)2-1-3-9-6-10-5(8)11-12-6/h1-3H2,(H2,7,13)(H4,8,9,10,11,12). The van der Waals surface area contributed by atoms with Gasteiger partial charge in [0.25, 0.3) is 0 Å². The van der Waals surface area contributed by atoms with Gasteiger partial charge in [0.1, 0.15) is 0 Å². The van der Waals surface area contributed by atoms with Crippen molar-refractivity contribution >= 4 is 17.8 Å². The average Bonchev–Trinajstić information content (AvgIpc) is 2.45. The van der Waals surface area contributed by atoms with Crippen LogP contribution in [0, 0.1) is 0 Å². The highest BCUT2D eigenvalue weighted by molar-refractivity contribution is 5.73. The zero-order chi connectivity index (χ0) is 9.68. The number of nitrogen functional groups attached to an aromatic ring is 1. The molecule has 0 aliphatic rings. The minimum atomic E-state index is -0.309. The maximum absolute atomic E-state index is 10.4. The Bertz CT molecular complexity index is 282. The molecule has 72 valence electrons. The third-order valence-corrected chi connectivity index (χ3v) is 1.39. The lowest BCUT2D eigenvalue weighted by Gasteiger charge is -1.98. The van der Waals surface area contributed by atoms with Gasteiger partial charge >= 0.3 is 0 Å². The molecule has 7 nitrogen and oxygen atoms in total. The molecule has 0 aliphatic carbocycles. The van der Waals surface area contributed by atoms with E-state index in [1.165, 1.54) is 0 Å². The molecular weight excluding hydrogens is 172 g/mol. The van der Waals surface area contributed by atoms with Crippen LogP contribution in [0.25, 0.3) is 0 Å². The van der Waals surface area contributed by atoms with Gasteiger partial charge in [-0.25, -0.2) is 5.10 Å². The number of carbonyl (C=O) groups is 1. The predicted molar refractivity (Wildman–Crippen MR) is 47.7 cm³/mol. The van der Waals surface area contributed by atoms with Crippen LogP contribution in [0.3, 0.4) is 0 Å². The smallest absolute Gasteiger partial charge is 0.243 e. The van der Waals surface area contributed by atoms with Gasteiger partial charge in [-0.15, -0.1) is 5.10 Å². The van der Waals surface area contributed by atoms with Crippen molar-refractivity contribution in [3.63, 3.8) is 0 Å². The van der Waals surface area contributed by atoms with Crippen LogP contribution in [0.5, 0.6) is 0 Å². The Labute approximate surface area is 74.9 Å². The summed E-state index contributed by atoms with van der Waals surface area (Å²) < 4.78 is 0. The number of aromatic nitrogens is 3. The van der Waals surface area contributed by atoms with Gasteiger partial charge in [0.05, 0.1) is 0 Å². The number of nitrogens with zero attached hydrogens (tertiary/aromatic N) is 2. The molecular formula is C6H12N6O. The topological polar surface area (TPSA) is 123 Å². The number of amides is 1. The van der Waals surface area contributed by atoms with E-state index in [1.54, 1.807) is 0 Å². The highest BCUT2D eigenvalue weighted by atomic mass is 16.1. The quantitative estimate of drug-likeness (QED) is 0.440. The molecule has 0 atom stereocenters. The third-order valence-electron chi connectivity index (χ3n) is 1.39. The van der Waals surface area contributed by atoms with Crippen molar-refractivity contribution in [1.29, 1.82) is 0 Å². The average molecular weight is 184 g/mol. The first-order chi connectivity index (χ1) is 6.18. The molecule has 0 spiro atoms. The summed E-state index contributed by atoms with van der Waals surface area (Å²) in [5.41, 5.74) is 10.2.